The largest absolute Gasteiger partial charge is 0.345 e. The van der Waals surface area contributed by atoms with Crippen molar-refractivity contribution in [1.29, 1.82) is 5.26 Å². The summed E-state index contributed by atoms with van der Waals surface area (Å²) in [5, 5.41) is 12.1. The maximum atomic E-state index is 8.88. The summed E-state index contributed by atoms with van der Waals surface area (Å²) in [6, 6.07) is 8.41. The zero-order chi connectivity index (χ0) is 12.3. The van der Waals surface area contributed by atoms with E-state index in [2.05, 4.69) is 33.5 Å². The Bertz CT molecular complexity index is 548. The third kappa shape index (κ3) is 2.83. The molecule has 2 rings (SSSR count). The minimum absolute atomic E-state index is 0.460. The highest BCUT2D eigenvalue weighted by atomic mass is 14.9. The molecule has 0 fully saturated rings. The fraction of sp³-hybridized carbons (Fsp3) is 0.385. The lowest BCUT2D eigenvalue weighted by atomic mass is 10.1. The average Bonchev–Trinajstić information content (AvgIpc) is 2.76. The Labute approximate surface area is 101 Å². The Morgan fingerprint density at radius 3 is 3.06 bits per heavy atom. The number of nitriles is 1. The molecule has 0 amide bonds. The van der Waals surface area contributed by atoms with Gasteiger partial charge in [-0.3, -0.25) is 5.32 Å². The van der Waals surface area contributed by atoms with E-state index in [1.807, 2.05) is 19.9 Å². The van der Waals surface area contributed by atoms with Crippen molar-refractivity contribution in [3.8, 4) is 6.07 Å². The maximum absolute atomic E-state index is 8.88. The number of nitrogens with zero attached hydrogens (tertiary/aromatic N) is 2. The summed E-state index contributed by atoms with van der Waals surface area (Å²) >= 11 is 0. The lowest BCUT2D eigenvalue weighted by Gasteiger charge is -2.17. The average molecular weight is 228 g/mol. The molecule has 1 heterocycles. The summed E-state index contributed by atoms with van der Waals surface area (Å²) in [4.78, 5) is 7.27. The van der Waals surface area contributed by atoms with Gasteiger partial charge in [-0.1, -0.05) is 6.07 Å². The van der Waals surface area contributed by atoms with Gasteiger partial charge in [0.05, 0.1) is 23.4 Å². The molecule has 0 aliphatic rings. The number of hydrogen-bond donors (Lipinski definition) is 2. The first-order chi connectivity index (χ1) is 8.11. The van der Waals surface area contributed by atoms with Gasteiger partial charge >= 0.3 is 0 Å². The molecule has 2 N–H and O–H groups in total. The Morgan fingerprint density at radius 1 is 1.47 bits per heavy atom. The van der Waals surface area contributed by atoms with E-state index < -0.39 is 5.54 Å². The van der Waals surface area contributed by atoms with Crippen molar-refractivity contribution in [3.63, 3.8) is 0 Å². The molecular formula is C13H16N4. The van der Waals surface area contributed by atoms with E-state index in [1.54, 1.807) is 6.33 Å². The second kappa shape index (κ2) is 4.56. The van der Waals surface area contributed by atoms with E-state index >= 15 is 0 Å². The number of hydrogen-bond acceptors (Lipinski definition) is 3. The second-order valence-electron chi connectivity index (χ2n) is 4.67. The lowest BCUT2D eigenvalue weighted by molar-refractivity contribution is 0.490. The van der Waals surface area contributed by atoms with Crippen molar-refractivity contribution >= 4 is 11.0 Å². The normalized spacial score (nSPS) is 11.6. The zero-order valence-corrected chi connectivity index (χ0v) is 10.1. The van der Waals surface area contributed by atoms with Crippen LogP contribution in [-0.4, -0.2) is 22.1 Å². The van der Waals surface area contributed by atoms with Crippen molar-refractivity contribution < 1.29 is 0 Å². The highest BCUT2D eigenvalue weighted by Gasteiger charge is 2.14. The fourth-order valence-electron chi connectivity index (χ4n) is 1.70. The molecule has 0 spiro atoms. The molecule has 2 aromatic rings. The van der Waals surface area contributed by atoms with Gasteiger partial charge in [0.1, 0.15) is 5.54 Å². The van der Waals surface area contributed by atoms with E-state index in [4.69, 9.17) is 5.26 Å². The van der Waals surface area contributed by atoms with E-state index in [9.17, 15) is 0 Å². The summed E-state index contributed by atoms with van der Waals surface area (Å²) < 4.78 is 0. The van der Waals surface area contributed by atoms with Crippen molar-refractivity contribution in [3.05, 3.63) is 30.1 Å². The van der Waals surface area contributed by atoms with Crippen LogP contribution < -0.4 is 5.32 Å². The van der Waals surface area contributed by atoms with Gasteiger partial charge in [0.2, 0.25) is 0 Å². The highest BCUT2D eigenvalue weighted by molar-refractivity contribution is 5.75. The summed E-state index contributed by atoms with van der Waals surface area (Å²) in [6.45, 7) is 4.55. The Kier molecular flexibility index (Phi) is 3.12. The molecule has 0 atom stereocenters. The Morgan fingerprint density at radius 2 is 2.29 bits per heavy atom. The van der Waals surface area contributed by atoms with Crippen LogP contribution in [0.1, 0.15) is 19.4 Å². The van der Waals surface area contributed by atoms with Crippen LogP contribution in [0.4, 0.5) is 0 Å². The zero-order valence-electron chi connectivity index (χ0n) is 10.1. The summed E-state index contributed by atoms with van der Waals surface area (Å²) in [6.07, 6.45) is 2.60. The van der Waals surface area contributed by atoms with Crippen LogP contribution in [0, 0.1) is 11.3 Å². The smallest absolute Gasteiger partial charge is 0.101 e. The van der Waals surface area contributed by atoms with E-state index in [1.165, 1.54) is 5.56 Å². The number of rotatable bonds is 4. The molecule has 1 aromatic heterocycles. The first-order valence-corrected chi connectivity index (χ1v) is 5.69. The first kappa shape index (κ1) is 11.6. The second-order valence-corrected chi connectivity index (χ2v) is 4.67. The third-order valence-electron chi connectivity index (χ3n) is 2.74. The number of fused-ring (bicyclic) bond motifs is 1. The molecular weight excluding hydrogens is 212 g/mol. The predicted molar refractivity (Wildman–Crippen MR) is 67.5 cm³/mol. The summed E-state index contributed by atoms with van der Waals surface area (Å²) in [7, 11) is 0. The van der Waals surface area contributed by atoms with Crippen molar-refractivity contribution in [2.24, 2.45) is 0 Å². The van der Waals surface area contributed by atoms with Crippen LogP contribution >= 0.6 is 0 Å². The van der Waals surface area contributed by atoms with E-state index in [0.717, 1.165) is 24.0 Å². The minimum atomic E-state index is -0.460. The van der Waals surface area contributed by atoms with E-state index in [-0.39, 0.29) is 0 Å². The minimum Gasteiger partial charge on any atom is -0.345 e. The van der Waals surface area contributed by atoms with Gasteiger partial charge in [-0.05, 0) is 38.0 Å². The molecule has 0 aliphatic heterocycles. The summed E-state index contributed by atoms with van der Waals surface area (Å²) in [5.74, 6) is 0. The topological polar surface area (TPSA) is 64.5 Å². The molecule has 0 bridgehead atoms. The van der Waals surface area contributed by atoms with E-state index in [0.29, 0.717) is 0 Å². The first-order valence-electron chi connectivity index (χ1n) is 5.69. The molecule has 0 saturated heterocycles. The predicted octanol–water partition coefficient (Wildman–Crippen LogP) is 2.00. The van der Waals surface area contributed by atoms with Gasteiger partial charge in [-0.15, -0.1) is 0 Å². The van der Waals surface area contributed by atoms with Crippen LogP contribution in [0.3, 0.4) is 0 Å². The molecule has 0 radical (unpaired) electrons. The van der Waals surface area contributed by atoms with Crippen molar-refractivity contribution in [2.45, 2.75) is 25.8 Å². The molecule has 1 aromatic carbocycles. The number of aromatic amines is 1. The van der Waals surface area contributed by atoms with Crippen LogP contribution in [-0.2, 0) is 6.42 Å². The van der Waals surface area contributed by atoms with Crippen LogP contribution in [0.25, 0.3) is 11.0 Å². The van der Waals surface area contributed by atoms with Crippen LogP contribution in [0.15, 0.2) is 24.5 Å². The Hall–Kier alpha value is -1.86. The molecule has 4 heteroatoms. The number of aromatic nitrogens is 2. The van der Waals surface area contributed by atoms with Gasteiger partial charge in [0, 0.05) is 6.54 Å². The molecule has 0 aliphatic carbocycles. The Balaban J connectivity index is 1.97. The highest BCUT2D eigenvalue weighted by Crippen LogP contribution is 2.12. The van der Waals surface area contributed by atoms with Gasteiger partial charge in [-0.25, -0.2) is 4.98 Å². The number of benzene rings is 1. The van der Waals surface area contributed by atoms with Gasteiger partial charge in [0.15, 0.2) is 0 Å². The number of nitrogens with one attached hydrogen (secondary N) is 2. The molecule has 88 valence electrons. The summed E-state index contributed by atoms with van der Waals surface area (Å²) in [5.41, 5.74) is 2.82. The van der Waals surface area contributed by atoms with Crippen LogP contribution in [0.2, 0.25) is 0 Å². The van der Waals surface area contributed by atoms with Gasteiger partial charge in [-0.2, -0.15) is 5.26 Å². The molecule has 0 unspecified atom stereocenters. The number of imidazole rings is 1. The molecule has 17 heavy (non-hydrogen) atoms. The quantitative estimate of drug-likeness (QED) is 0.841. The third-order valence-corrected chi connectivity index (χ3v) is 2.74. The maximum Gasteiger partial charge on any atom is 0.101 e. The van der Waals surface area contributed by atoms with Crippen LogP contribution in [0.5, 0.6) is 0 Å². The fourth-order valence-corrected chi connectivity index (χ4v) is 1.70. The molecule has 4 nitrogen and oxygen atoms in total. The van der Waals surface area contributed by atoms with Gasteiger partial charge in [0.25, 0.3) is 0 Å². The monoisotopic (exact) mass is 228 g/mol. The standard InChI is InChI=1S/C13H16N4/c1-13(2,8-14)17-6-5-10-3-4-11-12(7-10)16-9-15-11/h3-4,7,9,17H,5-6H2,1-2H3,(H,15,16). The number of H-pyrrole nitrogens is 1. The lowest BCUT2D eigenvalue weighted by Crippen LogP contribution is -2.38. The van der Waals surface area contributed by atoms with Crippen molar-refractivity contribution in [2.75, 3.05) is 6.54 Å². The van der Waals surface area contributed by atoms with Crippen molar-refractivity contribution in [1.82, 2.24) is 15.3 Å². The van der Waals surface area contributed by atoms with Gasteiger partial charge < -0.3 is 4.98 Å². The molecule has 0 saturated carbocycles. The SMILES string of the molecule is CC(C)(C#N)NCCc1ccc2nc[nH]c2c1.